The van der Waals surface area contributed by atoms with Crippen LogP contribution in [0.1, 0.15) is 26.3 Å². The van der Waals surface area contributed by atoms with E-state index < -0.39 is 0 Å². The van der Waals surface area contributed by atoms with Gasteiger partial charge < -0.3 is 9.80 Å². The second-order valence-corrected chi connectivity index (χ2v) is 6.65. The van der Waals surface area contributed by atoms with Crippen LogP contribution in [0.5, 0.6) is 0 Å². The SMILES string of the molecule is C=Nn1c(N2CCN(C)CC2)ccc(C(C)(C)C)c1=NC. The molecule has 0 radical (unpaired) electrons. The Morgan fingerprint density at radius 2 is 1.71 bits per heavy atom. The molecule has 5 heteroatoms. The number of hydrogen-bond donors (Lipinski definition) is 0. The van der Waals surface area contributed by atoms with Gasteiger partial charge in [-0.25, -0.2) is 0 Å². The number of likely N-dealkylation sites (N-methyl/N-ethyl adjacent to an activating group) is 1. The maximum atomic E-state index is 4.47. The van der Waals surface area contributed by atoms with Gasteiger partial charge in [0.2, 0.25) is 0 Å². The zero-order valence-electron chi connectivity index (χ0n) is 13.9. The molecule has 1 saturated heterocycles. The molecule has 2 rings (SSSR count). The molecule has 5 nitrogen and oxygen atoms in total. The summed E-state index contributed by atoms with van der Waals surface area (Å²) in [6.07, 6.45) is 0. The fourth-order valence-electron chi connectivity index (χ4n) is 2.74. The molecule has 1 aromatic heterocycles. The first-order chi connectivity index (χ1) is 9.88. The lowest BCUT2D eigenvalue weighted by molar-refractivity contribution is 0.311. The Bertz CT molecular complexity index is 571. The number of aromatic nitrogens is 1. The summed E-state index contributed by atoms with van der Waals surface area (Å²) in [5, 5.41) is 4.23. The molecule has 2 heterocycles. The van der Waals surface area contributed by atoms with E-state index in [9.17, 15) is 0 Å². The minimum atomic E-state index is 0.0297. The Kier molecular flexibility index (Phi) is 4.52. The monoisotopic (exact) mass is 289 g/mol. The van der Waals surface area contributed by atoms with Gasteiger partial charge in [-0.1, -0.05) is 26.8 Å². The molecule has 1 aromatic rings. The topological polar surface area (TPSA) is 36.1 Å². The van der Waals surface area contributed by atoms with Gasteiger partial charge in [0.1, 0.15) is 5.82 Å². The van der Waals surface area contributed by atoms with Crippen molar-refractivity contribution in [2.75, 3.05) is 45.2 Å². The molecule has 0 spiro atoms. The Balaban J connectivity index is 2.52. The Morgan fingerprint density at radius 1 is 1.10 bits per heavy atom. The number of rotatable bonds is 2. The van der Waals surface area contributed by atoms with Crippen molar-refractivity contribution in [2.24, 2.45) is 10.1 Å². The first-order valence-electron chi connectivity index (χ1n) is 7.48. The number of piperazine rings is 1. The molecule has 0 aromatic carbocycles. The molecule has 1 aliphatic rings. The van der Waals surface area contributed by atoms with Crippen molar-refractivity contribution in [3.63, 3.8) is 0 Å². The molecular formula is C16H27N5. The summed E-state index contributed by atoms with van der Waals surface area (Å²) >= 11 is 0. The highest BCUT2D eigenvalue weighted by molar-refractivity contribution is 5.44. The average Bonchev–Trinajstić information content (AvgIpc) is 2.45. The maximum Gasteiger partial charge on any atom is 0.154 e. The van der Waals surface area contributed by atoms with Crippen molar-refractivity contribution < 1.29 is 0 Å². The van der Waals surface area contributed by atoms with E-state index in [0.29, 0.717) is 0 Å². The maximum absolute atomic E-state index is 4.47. The lowest BCUT2D eigenvalue weighted by Gasteiger charge is -2.35. The smallest absolute Gasteiger partial charge is 0.154 e. The van der Waals surface area contributed by atoms with Crippen molar-refractivity contribution in [2.45, 2.75) is 26.2 Å². The van der Waals surface area contributed by atoms with Crippen LogP contribution in [-0.2, 0) is 5.41 Å². The third-order valence-corrected chi connectivity index (χ3v) is 4.05. The van der Waals surface area contributed by atoms with Gasteiger partial charge in [0.15, 0.2) is 5.49 Å². The Hall–Kier alpha value is -1.62. The molecule has 0 saturated carbocycles. The minimum Gasteiger partial charge on any atom is -0.354 e. The van der Waals surface area contributed by atoms with Crippen molar-refractivity contribution >= 4 is 12.5 Å². The third kappa shape index (κ3) is 3.18. The van der Waals surface area contributed by atoms with Crippen LogP contribution in [0.2, 0.25) is 0 Å². The molecule has 0 atom stereocenters. The first-order valence-corrected chi connectivity index (χ1v) is 7.48. The predicted octanol–water partition coefficient (Wildman–Crippen LogP) is 1.53. The number of hydrogen-bond acceptors (Lipinski definition) is 4. The molecule has 0 N–H and O–H groups in total. The highest BCUT2D eigenvalue weighted by Crippen LogP contribution is 2.22. The summed E-state index contributed by atoms with van der Waals surface area (Å²) in [5.74, 6) is 1.08. The average molecular weight is 289 g/mol. The van der Waals surface area contributed by atoms with Gasteiger partial charge in [0, 0.05) is 45.5 Å². The highest BCUT2D eigenvalue weighted by Gasteiger charge is 2.22. The van der Waals surface area contributed by atoms with Crippen LogP contribution in [0.25, 0.3) is 0 Å². The van der Waals surface area contributed by atoms with E-state index in [-0.39, 0.29) is 5.41 Å². The summed E-state index contributed by atoms with van der Waals surface area (Å²) in [7, 11) is 3.98. The fourth-order valence-corrected chi connectivity index (χ4v) is 2.74. The van der Waals surface area contributed by atoms with E-state index in [1.165, 1.54) is 5.56 Å². The van der Waals surface area contributed by atoms with Crippen LogP contribution in [0.3, 0.4) is 0 Å². The van der Waals surface area contributed by atoms with E-state index in [1.54, 1.807) is 0 Å². The van der Waals surface area contributed by atoms with Crippen molar-refractivity contribution in [1.82, 2.24) is 9.58 Å². The summed E-state index contributed by atoms with van der Waals surface area (Å²) < 4.78 is 1.88. The molecule has 0 bridgehead atoms. The zero-order chi connectivity index (χ0) is 15.6. The molecule has 0 amide bonds. The minimum absolute atomic E-state index is 0.0297. The van der Waals surface area contributed by atoms with Gasteiger partial charge in [-0.05, 0) is 18.5 Å². The molecule has 116 valence electrons. The molecule has 1 aliphatic heterocycles. The lowest BCUT2D eigenvalue weighted by Crippen LogP contribution is -2.46. The number of pyridine rings is 1. The second kappa shape index (κ2) is 6.02. The molecule has 1 fully saturated rings. The van der Waals surface area contributed by atoms with Gasteiger partial charge in [-0.15, -0.1) is 0 Å². The van der Waals surface area contributed by atoms with Gasteiger partial charge in [-0.2, -0.15) is 9.78 Å². The number of nitrogens with zero attached hydrogens (tertiary/aromatic N) is 5. The second-order valence-electron chi connectivity index (χ2n) is 6.65. The molecule has 0 aliphatic carbocycles. The van der Waals surface area contributed by atoms with E-state index in [4.69, 9.17) is 0 Å². The van der Waals surface area contributed by atoms with Crippen LogP contribution in [-0.4, -0.2) is 56.6 Å². The van der Waals surface area contributed by atoms with E-state index in [1.807, 2.05) is 11.7 Å². The molecule has 21 heavy (non-hydrogen) atoms. The van der Waals surface area contributed by atoms with Crippen LogP contribution in [0, 0.1) is 0 Å². The lowest BCUT2D eigenvalue weighted by atomic mass is 9.88. The van der Waals surface area contributed by atoms with E-state index >= 15 is 0 Å². The van der Waals surface area contributed by atoms with Gasteiger partial charge in [-0.3, -0.25) is 4.99 Å². The Morgan fingerprint density at radius 3 is 2.19 bits per heavy atom. The van der Waals surface area contributed by atoms with Gasteiger partial charge in [0.25, 0.3) is 0 Å². The largest absolute Gasteiger partial charge is 0.354 e. The van der Waals surface area contributed by atoms with Gasteiger partial charge in [0.05, 0.1) is 0 Å². The normalized spacial score (nSPS) is 18.1. The zero-order valence-corrected chi connectivity index (χ0v) is 13.9. The molecule has 0 unspecified atom stereocenters. The van der Waals surface area contributed by atoms with Crippen LogP contribution in [0.4, 0.5) is 5.82 Å². The summed E-state index contributed by atoms with van der Waals surface area (Å²) in [6, 6.07) is 4.33. The Labute approximate surface area is 127 Å². The quantitative estimate of drug-likeness (QED) is 0.774. The summed E-state index contributed by atoms with van der Waals surface area (Å²) in [4.78, 5) is 9.17. The molecular weight excluding hydrogens is 262 g/mol. The predicted molar refractivity (Wildman–Crippen MR) is 89.3 cm³/mol. The third-order valence-electron chi connectivity index (χ3n) is 4.05. The standard InChI is InChI=1S/C16H27N5/c1-16(2,3)13-7-8-14(21(18-5)15(13)17-4)20-11-9-19(6)10-12-20/h7-8H,5,9-12H2,1-4,6H3. The van der Waals surface area contributed by atoms with Gasteiger partial charge >= 0.3 is 0 Å². The van der Waals surface area contributed by atoms with Crippen molar-refractivity contribution in [3.8, 4) is 0 Å². The highest BCUT2D eigenvalue weighted by atomic mass is 15.4. The summed E-state index contributed by atoms with van der Waals surface area (Å²) in [5.41, 5.74) is 2.12. The van der Waals surface area contributed by atoms with Crippen molar-refractivity contribution in [3.05, 3.63) is 23.2 Å². The fraction of sp³-hybridized carbons (Fsp3) is 0.625. The van der Waals surface area contributed by atoms with Crippen LogP contribution < -0.4 is 10.4 Å². The number of anilines is 1. The van der Waals surface area contributed by atoms with E-state index in [2.05, 4.69) is 66.6 Å². The first kappa shape index (κ1) is 15.8. The van der Waals surface area contributed by atoms with E-state index in [0.717, 1.165) is 37.5 Å². The van der Waals surface area contributed by atoms with Crippen LogP contribution in [0.15, 0.2) is 22.2 Å². The van der Waals surface area contributed by atoms with Crippen molar-refractivity contribution in [1.29, 1.82) is 0 Å². The summed E-state index contributed by atoms with van der Waals surface area (Å²) in [6.45, 7) is 14.5. The van der Waals surface area contributed by atoms with Crippen LogP contribution >= 0.6 is 0 Å².